The highest BCUT2D eigenvalue weighted by atomic mass is 35.5. The molecule has 7 heteroatoms. The van der Waals surface area contributed by atoms with E-state index in [4.69, 9.17) is 22.4 Å². The second-order valence-corrected chi connectivity index (χ2v) is 3.76. The van der Waals surface area contributed by atoms with Gasteiger partial charge in [0.2, 0.25) is 0 Å². The van der Waals surface area contributed by atoms with Gasteiger partial charge < -0.3 is 10.8 Å². The molecule has 98 valence electrons. The van der Waals surface area contributed by atoms with Crippen molar-refractivity contribution in [3.63, 3.8) is 0 Å². The van der Waals surface area contributed by atoms with Crippen molar-refractivity contribution in [2.75, 3.05) is 6.61 Å². The summed E-state index contributed by atoms with van der Waals surface area (Å²) in [5, 5.41) is 8.30. The summed E-state index contributed by atoms with van der Waals surface area (Å²) in [4.78, 5) is 0. The molecule has 1 atom stereocenters. The summed E-state index contributed by atoms with van der Waals surface area (Å²) in [6, 6.07) is 2.89. The van der Waals surface area contributed by atoms with E-state index < -0.39 is 17.8 Å². The Morgan fingerprint density at radius 2 is 1.94 bits per heavy atom. The van der Waals surface area contributed by atoms with E-state index in [9.17, 15) is 13.2 Å². The standard InChI is InChI=1S/C10H11ClF3NO.ClH/c11-8-2-1-6(9(15)3-4-16)5-7(8)10(12,13)14;/h1-2,5,9,16H,3-4,15H2;1H/t9-;/m1./s1. The van der Waals surface area contributed by atoms with Crippen LogP contribution in [0.3, 0.4) is 0 Å². The first-order valence-corrected chi connectivity index (χ1v) is 4.97. The van der Waals surface area contributed by atoms with Gasteiger partial charge in [0.25, 0.3) is 0 Å². The molecule has 0 aliphatic carbocycles. The van der Waals surface area contributed by atoms with Gasteiger partial charge in [0, 0.05) is 12.6 Å². The minimum Gasteiger partial charge on any atom is -0.396 e. The average Bonchev–Trinajstić information content (AvgIpc) is 2.16. The van der Waals surface area contributed by atoms with Gasteiger partial charge in [-0.2, -0.15) is 13.2 Å². The minimum atomic E-state index is -4.49. The third-order valence-corrected chi connectivity index (χ3v) is 2.49. The number of hydrogen-bond acceptors (Lipinski definition) is 2. The average molecular weight is 290 g/mol. The Balaban J connectivity index is 0.00000256. The van der Waals surface area contributed by atoms with Crippen LogP contribution in [0.5, 0.6) is 0 Å². The largest absolute Gasteiger partial charge is 0.417 e. The number of hydrogen-bond donors (Lipinski definition) is 2. The van der Waals surface area contributed by atoms with E-state index in [2.05, 4.69) is 0 Å². The molecule has 3 N–H and O–H groups in total. The van der Waals surface area contributed by atoms with Gasteiger partial charge in [-0.15, -0.1) is 12.4 Å². The zero-order valence-electron chi connectivity index (χ0n) is 8.67. The lowest BCUT2D eigenvalue weighted by atomic mass is 10.0. The molecule has 1 aromatic carbocycles. The van der Waals surface area contributed by atoms with Crippen LogP contribution < -0.4 is 5.73 Å². The van der Waals surface area contributed by atoms with E-state index in [0.717, 1.165) is 12.1 Å². The van der Waals surface area contributed by atoms with Crippen molar-refractivity contribution in [2.24, 2.45) is 5.73 Å². The number of aliphatic hydroxyl groups is 1. The fraction of sp³-hybridized carbons (Fsp3) is 0.400. The maximum absolute atomic E-state index is 12.5. The lowest BCUT2D eigenvalue weighted by molar-refractivity contribution is -0.137. The van der Waals surface area contributed by atoms with Gasteiger partial charge in [-0.1, -0.05) is 17.7 Å². The van der Waals surface area contributed by atoms with E-state index in [-0.39, 0.29) is 30.5 Å². The zero-order valence-corrected chi connectivity index (χ0v) is 10.2. The van der Waals surface area contributed by atoms with Crippen molar-refractivity contribution in [2.45, 2.75) is 18.6 Å². The van der Waals surface area contributed by atoms with Crippen LogP contribution in [0.1, 0.15) is 23.6 Å². The van der Waals surface area contributed by atoms with Crippen molar-refractivity contribution in [3.8, 4) is 0 Å². The lowest BCUT2D eigenvalue weighted by Crippen LogP contribution is -2.14. The smallest absolute Gasteiger partial charge is 0.396 e. The van der Waals surface area contributed by atoms with E-state index in [1.807, 2.05) is 0 Å². The maximum atomic E-state index is 12.5. The van der Waals surface area contributed by atoms with E-state index in [1.54, 1.807) is 0 Å². The van der Waals surface area contributed by atoms with E-state index >= 15 is 0 Å². The molecule has 0 saturated carbocycles. The molecule has 0 aliphatic heterocycles. The topological polar surface area (TPSA) is 46.2 Å². The van der Waals surface area contributed by atoms with E-state index in [1.165, 1.54) is 6.07 Å². The Bertz CT molecular complexity index is 371. The molecular weight excluding hydrogens is 278 g/mol. The molecule has 0 spiro atoms. The van der Waals surface area contributed by atoms with Crippen LogP contribution in [0, 0.1) is 0 Å². The Morgan fingerprint density at radius 1 is 1.35 bits per heavy atom. The van der Waals surface area contributed by atoms with Crippen molar-refractivity contribution >= 4 is 24.0 Å². The molecule has 0 fully saturated rings. The first-order chi connectivity index (χ1) is 7.36. The van der Waals surface area contributed by atoms with Crippen molar-refractivity contribution in [1.29, 1.82) is 0 Å². The summed E-state index contributed by atoms with van der Waals surface area (Å²) in [5.74, 6) is 0. The van der Waals surface area contributed by atoms with Crippen LogP contribution in [-0.2, 0) is 6.18 Å². The van der Waals surface area contributed by atoms with Crippen LogP contribution in [0.4, 0.5) is 13.2 Å². The number of alkyl halides is 3. The fourth-order valence-corrected chi connectivity index (χ4v) is 1.52. The molecule has 0 aliphatic rings. The number of halogens is 5. The molecule has 0 aromatic heterocycles. The van der Waals surface area contributed by atoms with Crippen molar-refractivity contribution in [1.82, 2.24) is 0 Å². The summed E-state index contributed by atoms with van der Waals surface area (Å²) < 4.78 is 37.5. The quantitative estimate of drug-likeness (QED) is 0.898. The third kappa shape index (κ3) is 4.35. The summed E-state index contributed by atoms with van der Waals surface area (Å²) >= 11 is 5.45. The Morgan fingerprint density at radius 3 is 2.41 bits per heavy atom. The van der Waals surface area contributed by atoms with Gasteiger partial charge in [0.1, 0.15) is 0 Å². The molecule has 0 saturated heterocycles. The maximum Gasteiger partial charge on any atom is 0.417 e. The summed E-state index contributed by atoms with van der Waals surface area (Å²) in [6.45, 7) is -0.175. The molecule has 0 bridgehead atoms. The molecule has 0 heterocycles. The lowest BCUT2D eigenvalue weighted by Gasteiger charge is -2.14. The first kappa shape index (κ1) is 16.5. The Labute approximate surface area is 108 Å². The molecule has 1 rings (SSSR count). The van der Waals surface area contributed by atoms with Crippen LogP contribution >= 0.6 is 24.0 Å². The van der Waals surface area contributed by atoms with Crippen molar-refractivity contribution in [3.05, 3.63) is 34.3 Å². The normalized spacial score (nSPS) is 13.1. The summed E-state index contributed by atoms with van der Waals surface area (Å²) in [5.41, 5.74) is 5.01. The van der Waals surface area contributed by atoms with Crippen LogP contribution in [-0.4, -0.2) is 11.7 Å². The third-order valence-electron chi connectivity index (χ3n) is 2.16. The van der Waals surface area contributed by atoms with Crippen LogP contribution in [0.2, 0.25) is 5.02 Å². The summed E-state index contributed by atoms with van der Waals surface area (Å²) in [7, 11) is 0. The van der Waals surface area contributed by atoms with Crippen LogP contribution in [0.15, 0.2) is 18.2 Å². The van der Waals surface area contributed by atoms with Gasteiger partial charge in [-0.3, -0.25) is 0 Å². The first-order valence-electron chi connectivity index (χ1n) is 4.59. The van der Waals surface area contributed by atoms with E-state index in [0.29, 0.717) is 5.56 Å². The van der Waals surface area contributed by atoms with Crippen LogP contribution in [0.25, 0.3) is 0 Å². The Hall–Kier alpha value is -0.490. The SMILES string of the molecule is Cl.N[C@H](CCO)c1ccc(Cl)c(C(F)(F)F)c1. The zero-order chi connectivity index (χ0) is 12.3. The van der Waals surface area contributed by atoms with Gasteiger partial charge in [0.05, 0.1) is 10.6 Å². The number of benzene rings is 1. The minimum absolute atomic E-state index is 0. The molecule has 2 nitrogen and oxygen atoms in total. The Kier molecular flexibility index (Phi) is 6.26. The van der Waals surface area contributed by atoms with Crippen molar-refractivity contribution < 1.29 is 18.3 Å². The number of aliphatic hydroxyl groups excluding tert-OH is 1. The van der Waals surface area contributed by atoms with Gasteiger partial charge in [-0.05, 0) is 24.1 Å². The monoisotopic (exact) mass is 289 g/mol. The highest BCUT2D eigenvalue weighted by Crippen LogP contribution is 2.36. The van der Waals surface area contributed by atoms with Gasteiger partial charge >= 0.3 is 6.18 Å². The fourth-order valence-electron chi connectivity index (χ4n) is 1.30. The van der Waals surface area contributed by atoms with Gasteiger partial charge in [-0.25, -0.2) is 0 Å². The summed E-state index contributed by atoms with van der Waals surface area (Å²) in [6.07, 6.45) is -4.29. The second-order valence-electron chi connectivity index (χ2n) is 3.36. The number of nitrogens with two attached hydrogens (primary N) is 1. The molecule has 17 heavy (non-hydrogen) atoms. The molecule has 0 radical (unpaired) electrons. The highest BCUT2D eigenvalue weighted by Gasteiger charge is 2.33. The number of rotatable bonds is 3. The predicted molar refractivity (Wildman–Crippen MR) is 62.3 cm³/mol. The highest BCUT2D eigenvalue weighted by molar-refractivity contribution is 6.31. The molecule has 0 unspecified atom stereocenters. The molecular formula is C10H12Cl2F3NO. The molecule has 0 amide bonds. The molecule has 1 aromatic rings. The predicted octanol–water partition coefficient (Wildman–Crippen LogP) is 3.16. The second kappa shape index (κ2) is 6.44. The van der Waals surface area contributed by atoms with Gasteiger partial charge in [0.15, 0.2) is 0 Å².